The maximum atomic E-state index is 13.1. The number of likely N-dealkylation sites (tertiary alicyclic amines) is 1. The van der Waals surface area contributed by atoms with Crippen LogP contribution in [0.2, 0.25) is 0 Å². The second-order valence-electron chi connectivity index (χ2n) is 7.43. The van der Waals surface area contributed by atoms with Crippen molar-refractivity contribution in [2.75, 3.05) is 38.1 Å². The van der Waals surface area contributed by atoms with Crippen molar-refractivity contribution in [1.29, 1.82) is 0 Å². The molecule has 3 amide bonds. The third-order valence-electron chi connectivity index (χ3n) is 4.82. The molecule has 2 saturated heterocycles. The fourth-order valence-corrected chi connectivity index (χ4v) is 4.10. The normalized spacial score (nSPS) is 22.6. The molecule has 27 heavy (non-hydrogen) atoms. The van der Waals surface area contributed by atoms with Gasteiger partial charge in [-0.3, -0.25) is 14.5 Å². The molecule has 2 atom stereocenters. The van der Waals surface area contributed by atoms with Gasteiger partial charge in [0.15, 0.2) is 0 Å². The van der Waals surface area contributed by atoms with Gasteiger partial charge in [-0.2, -0.15) is 0 Å². The monoisotopic (exact) mass is 437 g/mol. The summed E-state index contributed by atoms with van der Waals surface area (Å²) in [5.74, 6) is 0.448. The molecule has 146 valence electrons. The van der Waals surface area contributed by atoms with E-state index in [9.17, 15) is 14.4 Å². The molecule has 2 fully saturated rings. The summed E-state index contributed by atoms with van der Waals surface area (Å²) in [6, 6.07) is 5.21. The SMILES string of the molecule is C[C@@H]1C[C@H](C)CN(C(=O)c2cc(Br)ccc2NC(=O)CN2CCOC2=O)C1. The molecule has 1 aromatic rings. The summed E-state index contributed by atoms with van der Waals surface area (Å²) in [4.78, 5) is 40.2. The van der Waals surface area contributed by atoms with Gasteiger partial charge in [-0.15, -0.1) is 0 Å². The molecule has 2 aliphatic rings. The lowest BCUT2D eigenvalue weighted by atomic mass is 9.91. The van der Waals surface area contributed by atoms with Crippen LogP contribution in [0.1, 0.15) is 30.6 Å². The van der Waals surface area contributed by atoms with Crippen LogP contribution in [-0.2, 0) is 9.53 Å². The van der Waals surface area contributed by atoms with E-state index in [1.165, 1.54) is 4.90 Å². The Morgan fingerprint density at radius 3 is 2.59 bits per heavy atom. The molecule has 1 aromatic carbocycles. The fraction of sp³-hybridized carbons (Fsp3) is 0.526. The van der Waals surface area contributed by atoms with E-state index in [1.807, 2.05) is 4.90 Å². The number of hydrogen-bond donors (Lipinski definition) is 1. The molecule has 0 radical (unpaired) electrons. The van der Waals surface area contributed by atoms with Gasteiger partial charge in [-0.05, 0) is 36.5 Å². The Morgan fingerprint density at radius 2 is 1.96 bits per heavy atom. The second-order valence-corrected chi connectivity index (χ2v) is 8.35. The highest BCUT2D eigenvalue weighted by molar-refractivity contribution is 9.10. The van der Waals surface area contributed by atoms with Crippen molar-refractivity contribution in [1.82, 2.24) is 9.80 Å². The Hall–Kier alpha value is -2.09. The number of rotatable bonds is 4. The molecular formula is C19H24BrN3O4. The molecule has 0 aromatic heterocycles. The van der Waals surface area contributed by atoms with Crippen molar-refractivity contribution in [3.05, 3.63) is 28.2 Å². The number of amides is 3. The minimum absolute atomic E-state index is 0.0921. The van der Waals surface area contributed by atoms with Gasteiger partial charge < -0.3 is 15.0 Å². The third-order valence-corrected chi connectivity index (χ3v) is 5.31. The number of nitrogens with one attached hydrogen (secondary N) is 1. The quantitative estimate of drug-likeness (QED) is 0.784. The van der Waals surface area contributed by atoms with Crippen LogP contribution < -0.4 is 5.32 Å². The Labute approximate surface area is 167 Å². The van der Waals surface area contributed by atoms with E-state index < -0.39 is 6.09 Å². The lowest BCUT2D eigenvalue weighted by Gasteiger charge is -2.35. The standard InChI is InChI=1S/C19H24BrN3O4/c1-12-7-13(2)10-23(9-12)18(25)15-8-14(20)3-4-16(15)21-17(24)11-22-5-6-27-19(22)26/h3-4,8,12-13H,5-7,9-11H2,1-2H3,(H,21,24)/t12-,13+. The summed E-state index contributed by atoms with van der Waals surface area (Å²) >= 11 is 3.40. The summed E-state index contributed by atoms with van der Waals surface area (Å²) in [5, 5.41) is 2.77. The topological polar surface area (TPSA) is 79.0 Å². The number of ether oxygens (including phenoxy) is 1. The number of cyclic esters (lactones) is 1. The smallest absolute Gasteiger partial charge is 0.410 e. The highest BCUT2D eigenvalue weighted by atomic mass is 79.9. The van der Waals surface area contributed by atoms with Crippen LogP contribution in [0.3, 0.4) is 0 Å². The predicted molar refractivity (Wildman–Crippen MR) is 105 cm³/mol. The lowest BCUT2D eigenvalue weighted by molar-refractivity contribution is -0.116. The van der Waals surface area contributed by atoms with Gasteiger partial charge in [-0.25, -0.2) is 4.79 Å². The van der Waals surface area contributed by atoms with Crippen LogP contribution in [0.5, 0.6) is 0 Å². The van der Waals surface area contributed by atoms with Gasteiger partial charge in [0.2, 0.25) is 5.91 Å². The predicted octanol–water partition coefficient (Wildman–Crippen LogP) is 2.96. The van der Waals surface area contributed by atoms with Gasteiger partial charge in [0, 0.05) is 17.6 Å². The molecule has 1 N–H and O–H groups in total. The van der Waals surface area contributed by atoms with Gasteiger partial charge >= 0.3 is 6.09 Å². The average Bonchev–Trinajstić information content (AvgIpc) is 2.99. The number of piperidine rings is 1. The Morgan fingerprint density at radius 1 is 1.26 bits per heavy atom. The molecule has 2 aliphatic heterocycles. The molecule has 2 heterocycles. The first-order chi connectivity index (χ1) is 12.8. The van der Waals surface area contributed by atoms with E-state index in [1.54, 1.807) is 18.2 Å². The number of anilines is 1. The van der Waals surface area contributed by atoms with E-state index >= 15 is 0 Å². The van der Waals surface area contributed by atoms with Crippen LogP contribution in [-0.4, -0.2) is 60.5 Å². The number of hydrogen-bond acceptors (Lipinski definition) is 4. The molecule has 0 unspecified atom stereocenters. The number of carbonyl (C=O) groups is 3. The molecule has 0 aliphatic carbocycles. The number of benzene rings is 1. The molecule has 7 nitrogen and oxygen atoms in total. The van der Waals surface area contributed by atoms with Crippen LogP contribution in [0.15, 0.2) is 22.7 Å². The Bertz CT molecular complexity index is 744. The first kappa shape index (κ1) is 19.7. The highest BCUT2D eigenvalue weighted by Gasteiger charge is 2.29. The van der Waals surface area contributed by atoms with Crippen LogP contribution in [0, 0.1) is 11.8 Å². The van der Waals surface area contributed by atoms with Crippen molar-refractivity contribution < 1.29 is 19.1 Å². The fourth-order valence-electron chi connectivity index (χ4n) is 3.73. The largest absolute Gasteiger partial charge is 0.448 e. The molecule has 0 saturated carbocycles. The molecule has 0 spiro atoms. The Balaban J connectivity index is 1.75. The molecular weight excluding hydrogens is 414 g/mol. The van der Waals surface area contributed by atoms with Gasteiger partial charge in [-0.1, -0.05) is 29.8 Å². The summed E-state index contributed by atoms with van der Waals surface area (Å²) in [7, 11) is 0. The third kappa shape index (κ3) is 4.80. The maximum absolute atomic E-state index is 13.1. The van der Waals surface area contributed by atoms with Gasteiger partial charge in [0.25, 0.3) is 5.91 Å². The second kappa shape index (κ2) is 8.29. The van der Waals surface area contributed by atoms with Crippen LogP contribution >= 0.6 is 15.9 Å². The zero-order chi connectivity index (χ0) is 19.6. The van der Waals surface area contributed by atoms with E-state index in [0.717, 1.165) is 10.9 Å². The van der Waals surface area contributed by atoms with Crippen molar-refractivity contribution >= 4 is 39.5 Å². The Kier molecular flexibility index (Phi) is 6.04. The van der Waals surface area contributed by atoms with Crippen molar-refractivity contribution in [3.63, 3.8) is 0 Å². The summed E-state index contributed by atoms with van der Waals surface area (Å²) in [6.07, 6.45) is 0.617. The van der Waals surface area contributed by atoms with Gasteiger partial charge in [0.1, 0.15) is 13.2 Å². The minimum Gasteiger partial charge on any atom is -0.448 e. The summed E-state index contributed by atoms with van der Waals surface area (Å²) in [5.41, 5.74) is 0.898. The van der Waals surface area contributed by atoms with E-state index in [-0.39, 0.29) is 18.4 Å². The molecule has 8 heteroatoms. The number of halogens is 1. The molecule has 3 rings (SSSR count). The average molecular weight is 438 g/mol. The van der Waals surface area contributed by atoms with Crippen LogP contribution in [0.25, 0.3) is 0 Å². The lowest BCUT2D eigenvalue weighted by Crippen LogP contribution is -2.43. The van der Waals surface area contributed by atoms with E-state index in [4.69, 9.17) is 4.74 Å². The molecule has 0 bridgehead atoms. The zero-order valence-corrected chi connectivity index (χ0v) is 17.1. The van der Waals surface area contributed by atoms with Crippen molar-refractivity contribution in [2.45, 2.75) is 20.3 Å². The van der Waals surface area contributed by atoms with Crippen molar-refractivity contribution in [2.24, 2.45) is 11.8 Å². The summed E-state index contributed by atoms with van der Waals surface area (Å²) in [6.45, 7) is 6.30. The first-order valence-corrected chi connectivity index (χ1v) is 9.93. The number of nitrogens with zero attached hydrogens (tertiary/aromatic N) is 2. The minimum atomic E-state index is -0.492. The van der Waals surface area contributed by atoms with Crippen LogP contribution in [0.4, 0.5) is 10.5 Å². The maximum Gasteiger partial charge on any atom is 0.410 e. The zero-order valence-electron chi connectivity index (χ0n) is 15.5. The van der Waals surface area contributed by atoms with E-state index in [2.05, 4.69) is 35.1 Å². The summed E-state index contributed by atoms with van der Waals surface area (Å²) < 4.78 is 5.60. The van der Waals surface area contributed by atoms with Gasteiger partial charge in [0.05, 0.1) is 17.8 Å². The van der Waals surface area contributed by atoms with Crippen molar-refractivity contribution in [3.8, 4) is 0 Å². The highest BCUT2D eigenvalue weighted by Crippen LogP contribution is 2.27. The number of carbonyl (C=O) groups excluding carboxylic acids is 3. The first-order valence-electron chi connectivity index (χ1n) is 9.14. The van der Waals surface area contributed by atoms with E-state index in [0.29, 0.717) is 49.3 Å².